The van der Waals surface area contributed by atoms with Crippen LogP contribution in [0.1, 0.15) is 25.2 Å². The largest absolute Gasteiger partial charge is 0.484 e. The van der Waals surface area contributed by atoms with Crippen molar-refractivity contribution in [3.63, 3.8) is 0 Å². The van der Waals surface area contributed by atoms with Crippen LogP contribution in [0.15, 0.2) is 29.3 Å². The third-order valence-corrected chi connectivity index (χ3v) is 5.46. The number of rotatable bonds is 8. The van der Waals surface area contributed by atoms with Crippen LogP contribution < -0.4 is 20.7 Å². The minimum atomic E-state index is -0.494. The summed E-state index contributed by atoms with van der Waals surface area (Å²) in [7, 11) is 0. The van der Waals surface area contributed by atoms with Gasteiger partial charge in [-0.2, -0.15) is 4.37 Å². The van der Waals surface area contributed by atoms with Gasteiger partial charge in [0.15, 0.2) is 12.6 Å². The Balaban J connectivity index is 1.59. The van der Waals surface area contributed by atoms with Crippen LogP contribution in [0.4, 0.5) is 5.13 Å². The van der Waals surface area contributed by atoms with Gasteiger partial charge in [0.1, 0.15) is 11.6 Å². The van der Waals surface area contributed by atoms with Crippen molar-refractivity contribution in [1.29, 1.82) is 0 Å². The summed E-state index contributed by atoms with van der Waals surface area (Å²) in [5, 5.41) is 4.39. The minimum absolute atomic E-state index is 0.131. The van der Waals surface area contributed by atoms with Gasteiger partial charge in [0.25, 0.3) is 5.91 Å². The Morgan fingerprint density at radius 1 is 1.30 bits per heavy atom. The molecule has 1 fully saturated rings. The smallest absolute Gasteiger partial charge is 0.255 e. The fourth-order valence-corrected chi connectivity index (χ4v) is 3.91. The van der Waals surface area contributed by atoms with Crippen molar-refractivity contribution < 1.29 is 9.53 Å². The molecule has 0 saturated carbocycles. The maximum Gasteiger partial charge on any atom is 0.255 e. The number of hydrogen-bond donors (Lipinski definition) is 2. The Kier molecular flexibility index (Phi) is 7.83. The van der Waals surface area contributed by atoms with E-state index < -0.39 is 5.91 Å². The minimum Gasteiger partial charge on any atom is -0.484 e. The summed E-state index contributed by atoms with van der Waals surface area (Å²) < 4.78 is 9.77. The van der Waals surface area contributed by atoms with Crippen LogP contribution >= 0.6 is 11.5 Å². The predicted octanol–water partition coefficient (Wildman–Crippen LogP) is 1.25. The van der Waals surface area contributed by atoms with Crippen molar-refractivity contribution >= 4 is 28.5 Å². The number of aromatic nitrogens is 2. The van der Waals surface area contributed by atoms with Crippen molar-refractivity contribution in [2.24, 2.45) is 10.7 Å². The lowest BCUT2D eigenvalue weighted by Gasteiger charge is -2.36. The monoisotopic (exact) mass is 431 g/mol. The molecule has 0 radical (unpaired) electrons. The van der Waals surface area contributed by atoms with Crippen molar-refractivity contribution in [2.75, 3.05) is 44.2 Å². The number of anilines is 1. The van der Waals surface area contributed by atoms with E-state index in [-0.39, 0.29) is 6.61 Å². The van der Waals surface area contributed by atoms with Crippen LogP contribution in [0, 0.1) is 0 Å². The third kappa shape index (κ3) is 6.06. The first kappa shape index (κ1) is 21.8. The van der Waals surface area contributed by atoms with Crippen molar-refractivity contribution in [1.82, 2.24) is 19.6 Å². The maximum atomic E-state index is 10.9. The molecule has 0 spiro atoms. The van der Waals surface area contributed by atoms with E-state index in [0.29, 0.717) is 12.3 Å². The average molecular weight is 432 g/mol. The fraction of sp³-hybridized carbons (Fsp3) is 0.500. The number of nitrogens with zero attached hydrogens (tertiary/aromatic N) is 5. The van der Waals surface area contributed by atoms with E-state index in [2.05, 4.69) is 38.3 Å². The number of aryl methyl sites for hydroxylation is 1. The van der Waals surface area contributed by atoms with Gasteiger partial charge in [-0.05, 0) is 24.6 Å². The van der Waals surface area contributed by atoms with E-state index in [4.69, 9.17) is 15.5 Å². The summed E-state index contributed by atoms with van der Waals surface area (Å²) >= 11 is 1.47. The number of guanidine groups is 1. The summed E-state index contributed by atoms with van der Waals surface area (Å²) in [5.74, 6) is 1.93. The molecular formula is C20H29N7O2S. The number of nitrogens with two attached hydrogens (primary N) is 1. The Labute approximate surface area is 181 Å². The topological polar surface area (TPSA) is 109 Å². The molecule has 1 aliphatic heterocycles. The van der Waals surface area contributed by atoms with E-state index in [1.807, 2.05) is 18.2 Å². The summed E-state index contributed by atoms with van der Waals surface area (Å²) in [4.78, 5) is 24.9. The van der Waals surface area contributed by atoms with Crippen LogP contribution in [0.25, 0.3) is 0 Å². The quantitative estimate of drug-likeness (QED) is 0.478. The highest BCUT2D eigenvalue weighted by Crippen LogP contribution is 2.19. The van der Waals surface area contributed by atoms with E-state index >= 15 is 0 Å². The number of ether oxygens (including phenoxy) is 1. The summed E-state index contributed by atoms with van der Waals surface area (Å²) in [5.41, 5.74) is 6.14. The summed E-state index contributed by atoms with van der Waals surface area (Å²) in [6.07, 6.45) is 0.864. The Hall–Kier alpha value is -2.88. The molecular weight excluding hydrogens is 402 g/mol. The van der Waals surface area contributed by atoms with Crippen LogP contribution in [-0.2, 0) is 17.8 Å². The molecule has 1 aromatic carbocycles. The second kappa shape index (κ2) is 10.8. The average Bonchev–Trinajstić information content (AvgIpc) is 3.25. The second-order valence-electron chi connectivity index (χ2n) is 6.89. The molecule has 3 N–H and O–H groups in total. The van der Waals surface area contributed by atoms with Gasteiger partial charge in [-0.25, -0.2) is 9.98 Å². The number of hydrogen-bond acceptors (Lipinski definition) is 7. The first-order chi connectivity index (χ1) is 14.6. The van der Waals surface area contributed by atoms with Gasteiger partial charge in [-0.15, -0.1) is 0 Å². The molecule has 0 bridgehead atoms. The normalized spacial score (nSPS) is 14.7. The SMILES string of the molecule is CCNC(=NCc1cccc(OCC(N)=O)c1)N1CCN(c2nc(CC)ns2)CC1. The van der Waals surface area contributed by atoms with Crippen LogP contribution in [-0.4, -0.2) is 65.5 Å². The molecule has 0 aliphatic carbocycles. The molecule has 1 aromatic heterocycles. The highest BCUT2D eigenvalue weighted by atomic mass is 32.1. The van der Waals surface area contributed by atoms with Crippen molar-refractivity contribution in [2.45, 2.75) is 26.8 Å². The number of amides is 1. The first-order valence-electron chi connectivity index (χ1n) is 10.2. The number of benzene rings is 1. The molecule has 30 heavy (non-hydrogen) atoms. The number of nitrogens with one attached hydrogen (secondary N) is 1. The Morgan fingerprint density at radius 2 is 2.10 bits per heavy atom. The van der Waals surface area contributed by atoms with Gasteiger partial charge in [-0.1, -0.05) is 19.1 Å². The molecule has 162 valence electrons. The molecule has 9 nitrogen and oxygen atoms in total. The van der Waals surface area contributed by atoms with Crippen LogP contribution in [0.2, 0.25) is 0 Å². The predicted molar refractivity (Wildman–Crippen MR) is 119 cm³/mol. The molecule has 10 heteroatoms. The summed E-state index contributed by atoms with van der Waals surface area (Å²) in [6, 6.07) is 7.56. The highest BCUT2D eigenvalue weighted by molar-refractivity contribution is 7.09. The molecule has 0 atom stereocenters. The lowest BCUT2D eigenvalue weighted by Crippen LogP contribution is -2.52. The molecule has 2 aromatic rings. The number of primary amides is 1. The number of piperazine rings is 1. The lowest BCUT2D eigenvalue weighted by molar-refractivity contribution is -0.119. The molecule has 3 rings (SSSR count). The second-order valence-corrected chi connectivity index (χ2v) is 7.62. The Morgan fingerprint density at radius 3 is 2.77 bits per heavy atom. The molecule has 2 heterocycles. The molecule has 1 amide bonds. The van der Waals surface area contributed by atoms with Crippen LogP contribution in [0.3, 0.4) is 0 Å². The zero-order chi connectivity index (χ0) is 21.3. The van der Waals surface area contributed by atoms with E-state index in [9.17, 15) is 4.79 Å². The first-order valence-corrected chi connectivity index (χ1v) is 11.0. The van der Waals surface area contributed by atoms with Crippen LogP contribution in [0.5, 0.6) is 5.75 Å². The van der Waals surface area contributed by atoms with Gasteiger partial charge < -0.3 is 25.6 Å². The number of aliphatic imine (C=N–C) groups is 1. The van der Waals surface area contributed by atoms with Gasteiger partial charge in [0.05, 0.1) is 6.54 Å². The maximum absolute atomic E-state index is 10.9. The zero-order valence-electron chi connectivity index (χ0n) is 17.5. The zero-order valence-corrected chi connectivity index (χ0v) is 18.3. The number of carbonyl (C=O) groups excluding carboxylic acids is 1. The fourth-order valence-electron chi connectivity index (χ4n) is 3.11. The highest BCUT2D eigenvalue weighted by Gasteiger charge is 2.22. The van der Waals surface area contributed by atoms with Gasteiger partial charge >= 0.3 is 0 Å². The van der Waals surface area contributed by atoms with Crippen molar-refractivity contribution in [3.05, 3.63) is 35.7 Å². The van der Waals surface area contributed by atoms with Crippen molar-refractivity contribution in [3.8, 4) is 5.75 Å². The molecule has 1 aliphatic rings. The van der Waals surface area contributed by atoms with E-state index in [1.165, 1.54) is 11.5 Å². The Bertz CT molecular complexity index is 862. The van der Waals surface area contributed by atoms with E-state index in [1.54, 1.807) is 6.07 Å². The lowest BCUT2D eigenvalue weighted by atomic mass is 10.2. The molecule has 0 unspecified atom stereocenters. The van der Waals surface area contributed by atoms with Gasteiger partial charge in [0, 0.05) is 50.7 Å². The van der Waals surface area contributed by atoms with E-state index in [0.717, 1.165) is 61.6 Å². The molecule has 1 saturated heterocycles. The summed E-state index contributed by atoms with van der Waals surface area (Å²) in [6.45, 7) is 8.85. The standard InChI is InChI=1S/C20H29N7O2S/c1-3-18-24-20(30-25-18)27-10-8-26(9-11-27)19(22-4-2)23-13-15-6-5-7-16(12-15)29-14-17(21)28/h5-7,12H,3-4,8-11,13-14H2,1-2H3,(H2,21,28)(H,22,23). The van der Waals surface area contributed by atoms with Gasteiger partial charge in [-0.3, -0.25) is 4.79 Å². The van der Waals surface area contributed by atoms with Gasteiger partial charge in [0.2, 0.25) is 5.13 Å². The number of carbonyl (C=O) groups is 1. The third-order valence-electron chi connectivity index (χ3n) is 4.65.